The van der Waals surface area contributed by atoms with E-state index in [4.69, 9.17) is 9.47 Å². The molecule has 2 aromatic carbocycles. The maximum absolute atomic E-state index is 9.31. The third kappa shape index (κ3) is 4.98. The van der Waals surface area contributed by atoms with Gasteiger partial charge in [-0.15, -0.1) is 0 Å². The second-order valence-electron chi connectivity index (χ2n) is 5.39. The minimum Gasteiger partial charge on any atom is -0.493 e. The number of aliphatic hydroxyl groups excluding tert-OH is 1. The first-order valence-corrected chi connectivity index (χ1v) is 7.95. The van der Waals surface area contributed by atoms with Crippen LogP contribution in [0.2, 0.25) is 0 Å². The van der Waals surface area contributed by atoms with E-state index in [1.165, 1.54) is 0 Å². The highest BCUT2D eigenvalue weighted by Crippen LogP contribution is 2.31. The molecule has 0 spiro atoms. The summed E-state index contributed by atoms with van der Waals surface area (Å²) in [6.45, 7) is 3.29. The predicted octanol–water partition coefficient (Wildman–Crippen LogP) is 3.13. The Labute approximate surface area is 138 Å². The lowest BCUT2D eigenvalue weighted by atomic mass is 10.1. The number of hydrogen-bond donors (Lipinski definition) is 2. The first-order chi connectivity index (χ1) is 11.3. The Morgan fingerprint density at radius 3 is 2.52 bits per heavy atom. The molecule has 0 aliphatic heterocycles. The summed E-state index contributed by atoms with van der Waals surface area (Å²) in [5, 5.41) is 12.6. The van der Waals surface area contributed by atoms with E-state index >= 15 is 0 Å². The van der Waals surface area contributed by atoms with Crippen molar-refractivity contribution in [2.75, 3.05) is 13.7 Å². The topological polar surface area (TPSA) is 50.7 Å². The van der Waals surface area contributed by atoms with E-state index in [1.54, 1.807) is 7.11 Å². The predicted molar refractivity (Wildman–Crippen MR) is 91.8 cm³/mol. The van der Waals surface area contributed by atoms with E-state index < -0.39 is 0 Å². The number of methoxy groups -OCH3 is 1. The summed E-state index contributed by atoms with van der Waals surface area (Å²) < 4.78 is 11.4. The molecule has 0 radical (unpaired) electrons. The molecule has 1 atom stereocenters. The highest BCUT2D eigenvalue weighted by molar-refractivity contribution is 5.46. The number of hydrogen-bond acceptors (Lipinski definition) is 4. The fraction of sp³-hybridized carbons (Fsp3) is 0.368. The van der Waals surface area contributed by atoms with Crippen LogP contribution in [0.25, 0.3) is 0 Å². The molecule has 4 nitrogen and oxygen atoms in total. The largest absolute Gasteiger partial charge is 0.493 e. The average Bonchev–Trinajstić information content (AvgIpc) is 2.62. The molecule has 2 N–H and O–H groups in total. The Balaban J connectivity index is 2.11. The van der Waals surface area contributed by atoms with Gasteiger partial charge in [-0.05, 0) is 18.1 Å². The van der Waals surface area contributed by atoms with Crippen LogP contribution in [0.4, 0.5) is 0 Å². The first kappa shape index (κ1) is 17.3. The van der Waals surface area contributed by atoms with Crippen LogP contribution >= 0.6 is 0 Å². The van der Waals surface area contributed by atoms with Gasteiger partial charge in [0.05, 0.1) is 13.7 Å². The minimum atomic E-state index is 0.0863. The molecule has 2 aromatic rings. The lowest BCUT2D eigenvalue weighted by Gasteiger charge is -2.18. The minimum absolute atomic E-state index is 0.0863. The molecule has 0 aliphatic rings. The van der Waals surface area contributed by atoms with Crippen LogP contribution in [0.3, 0.4) is 0 Å². The third-order valence-corrected chi connectivity index (χ3v) is 3.80. The molecule has 0 saturated heterocycles. The molecule has 0 saturated carbocycles. The zero-order valence-corrected chi connectivity index (χ0v) is 13.8. The van der Waals surface area contributed by atoms with Crippen molar-refractivity contribution < 1.29 is 14.6 Å². The highest BCUT2D eigenvalue weighted by atomic mass is 16.5. The number of rotatable bonds is 9. The monoisotopic (exact) mass is 315 g/mol. The van der Waals surface area contributed by atoms with Gasteiger partial charge in [0.25, 0.3) is 0 Å². The third-order valence-electron chi connectivity index (χ3n) is 3.80. The molecular formula is C19H25NO3. The van der Waals surface area contributed by atoms with Crippen molar-refractivity contribution in [1.29, 1.82) is 0 Å². The zero-order chi connectivity index (χ0) is 16.5. The van der Waals surface area contributed by atoms with Crippen LogP contribution in [0.1, 0.15) is 24.5 Å². The van der Waals surface area contributed by atoms with E-state index in [0.717, 1.165) is 29.0 Å². The summed E-state index contributed by atoms with van der Waals surface area (Å²) >= 11 is 0. The molecule has 0 bridgehead atoms. The molecule has 0 heterocycles. The standard InChI is InChI=1S/C19H25NO3/c1-3-17(13-21)20-12-16-10-7-11-18(22-2)19(16)23-14-15-8-5-4-6-9-15/h4-11,17,20-21H,3,12-14H2,1-2H3/t17-/m0/s1. The fourth-order valence-electron chi connectivity index (χ4n) is 2.35. The molecule has 0 amide bonds. The summed E-state index contributed by atoms with van der Waals surface area (Å²) in [5.74, 6) is 1.47. The molecule has 23 heavy (non-hydrogen) atoms. The Bertz CT molecular complexity index is 582. The van der Waals surface area contributed by atoms with Crippen molar-refractivity contribution >= 4 is 0 Å². The van der Waals surface area contributed by atoms with Gasteiger partial charge in [-0.1, -0.05) is 49.4 Å². The van der Waals surface area contributed by atoms with Crippen LogP contribution < -0.4 is 14.8 Å². The number of benzene rings is 2. The second-order valence-corrected chi connectivity index (χ2v) is 5.39. The normalized spacial score (nSPS) is 12.0. The summed E-state index contributed by atoms with van der Waals surface area (Å²) in [6.07, 6.45) is 0.876. The fourth-order valence-corrected chi connectivity index (χ4v) is 2.35. The van der Waals surface area contributed by atoms with Crippen LogP contribution in [0, 0.1) is 0 Å². The highest BCUT2D eigenvalue weighted by Gasteiger charge is 2.12. The van der Waals surface area contributed by atoms with Crippen molar-refractivity contribution in [3.05, 3.63) is 59.7 Å². The van der Waals surface area contributed by atoms with Crippen LogP contribution in [0.15, 0.2) is 48.5 Å². The molecule has 4 heteroatoms. The number of ether oxygens (including phenoxy) is 2. The van der Waals surface area contributed by atoms with Gasteiger partial charge in [0.2, 0.25) is 0 Å². The van der Waals surface area contributed by atoms with Gasteiger partial charge < -0.3 is 19.9 Å². The van der Waals surface area contributed by atoms with Gasteiger partial charge in [0.15, 0.2) is 11.5 Å². The number of aliphatic hydroxyl groups is 1. The Morgan fingerprint density at radius 1 is 1.09 bits per heavy atom. The SMILES string of the molecule is CC[C@@H](CO)NCc1cccc(OC)c1OCc1ccccc1. The average molecular weight is 315 g/mol. The quantitative estimate of drug-likeness (QED) is 0.746. The summed E-state index contributed by atoms with van der Waals surface area (Å²) in [7, 11) is 1.64. The zero-order valence-electron chi connectivity index (χ0n) is 13.8. The molecule has 124 valence electrons. The van der Waals surface area contributed by atoms with Gasteiger partial charge >= 0.3 is 0 Å². The summed E-state index contributed by atoms with van der Waals surface area (Å²) in [4.78, 5) is 0. The van der Waals surface area contributed by atoms with E-state index in [2.05, 4.69) is 5.32 Å². The van der Waals surface area contributed by atoms with E-state index in [-0.39, 0.29) is 12.6 Å². The van der Waals surface area contributed by atoms with Crippen molar-refractivity contribution in [3.63, 3.8) is 0 Å². The van der Waals surface area contributed by atoms with E-state index in [1.807, 2.05) is 55.5 Å². The van der Waals surface area contributed by atoms with E-state index in [0.29, 0.717) is 13.2 Å². The van der Waals surface area contributed by atoms with Gasteiger partial charge in [0, 0.05) is 18.2 Å². The van der Waals surface area contributed by atoms with Crippen molar-refractivity contribution in [2.45, 2.75) is 32.5 Å². The lowest BCUT2D eigenvalue weighted by molar-refractivity contribution is 0.236. The summed E-state index contributed by atoms with van der Waals surface area (Å²) in [6, 6.07) is 16.0. The van der Waals surface area contributed by atoms with Crippen LogP contribution in [0.5, 0.6) is 11.5 Å². The second kappa shape index (κ2) is 9.18. The van der Waals surface area contributed by atoms with Crippen LogP contribution in [-0.4, -0.2) is 24.9 Å². The molecule has 0 aromatic heterocycles. The molecule has 0 fully saturated rings. The van der Waals surface area contributed by atoms with Gasteiger partial charge in [-0.25, -0.2) is 0 Å². The van der Waals surface area contributed by atoms with Gasteiger partial charge in [-0.3, -0.25) is 0 Å². The Kier molecular flexibility index (Phi) is 6.91. The van der Waals surface area contributed by atoms with Crippen molar-refractivity contribution in [3.8, 4) is 11.5 Å². The van der Waals surface area contributed by atoms with Crippen molar-refractivity contribution in [1.82, 2.24) is 5.32 Å². The van der Waals surface area contributed by atoms with E-state index in [9.17, 15) is 5.11 Å². The molecular weight excluding hydrogens is 290 g/mol. The molecule has 0 unspecified atom stereocenters. The van der Waals surface area contributed by atoms with Gasteiger partial charge in [-0.2, -0.15) is 0 Å². The molecule has 0 aliphatic carbocycles. The Hall–Kier alpha value is -2.04. The smallest absolute Gasteiger partial charge is 0.166 e. The Morgan fingerprint density at radius 2 is 1.87 bits per heavy atom. The summed E-state index contributed by atoms with van der Waals surface area (Å²) in [5.41, 5.74) is 2.13. The maximum atomic E-state index is 9.31. The van der Waals surface area contributed by atoms with Crippen molar-refractivity contribution in [2.24, 2.45) is 0 Å². The molecule has 2 rings (SSSR count). The number of para-hydroxylation sites is 1. The number of nitrogens with one attached hydrogen (secondary N) is 1. The first-order valence-electron chi connectivity index (χ1n) is 7.95. The maximum Gasteiger partial charge on any atom is 0.166 e. The van der Waals surface area contributed by atoms with Crippen LogP contribution in [-0.2, 0) is 13.2 Å². The van der Waals surface area contributed by atoms with Gasteiger partial charge in [0.1, 0.15) is 6.61 Å². The lowest BCUT2D eigenvalue weighted by Crippen LogP contribution is -2.31.